The molecule has 1 aromatic heterocycles. The molecule has 3 aromatic rings. The first-order valence-corrected chi connectivity index (χ1v) is 10.2. The summed E-state index contributed by atoms with van der Waals surface area (Å²) in [5.74, 6) is -0.958. The smallest absolute Gasteiger partial charge is 0.376 e. The second kappa shape index (κ2) is 8.29. The van der Waals surface area contributed by atoms with Gasteiger partial charge in [0.1, 0.15) is 5.82 Å². The maximum Gasteiger partial charge on any atom is 0.416 e. The largest absolute Gasteiger partial charge is 0.416 e. The minimum Gasteiger partial charge on any atom is -0.376 e. The van der Waals surface area contributed by atoms with Gasteiger partial charge in [-0.15, -0.1) is 0 Å². The summed E-state index contributed by atoms with van der Waals surface area (Å²) in [6.45, 7) is 0. The number of fused-ring (bicyclic) bond motifs is 1. The molecular formula is C23H22F4N4O. The van der Waals surface area contributed by atoms with Gasteiger partial charge in [0.15, 0.2) is 5.69 Å². The predicted molar refractivity (Wildman–Crippen MR) is 114 cm³/mol. The second-order valence-corrected chi connectivity index (χ2v) is 7.95. The first-order chi connectivity index (χ1) is 15.1. The summed E-state index contributed by atoms with van der Waals surface area (Å²) < 4.78 is 54.7. The van der Waals surface area contributed by atoms with Gasteiger partial charge in [0.2, 0.25) is 0 Å². The third kappa shape index (κ3) is 4.19. The van der Waals surface area contributed by atoms with Crippen LogP contribution in [0.2, 0.25) is 0 Å². The number of alkyl halides is 3. The molecule has 0 fully saturated rings. The normalized spacial score (nSPS) is 13.6. The Balaban J connectivity index is 1.74. The molecule has 9 heteroatoms. The standard InChI is InChI=1S/C23H22F4N4O/c1-30(2)20-12-7-14(23(25,26)27)13-18(20)28-22(32)21-17-5-3-4-6-19(17)31(29-21)16-10-8-15(24)9-11-16/h7-13H,3-6H2,1-2H3,(H,28,32). The average molecular weight is 446 g/mol. The van der Waals surface area contributed by atoms with Gasteiger partial charge < -0.3 is 10.2 Å². The molecule has 1 aliphatic rings. The molecule has 0 spiro atoms. The number of amides is 1. The van der Waals surface area contributed by atoms with E-state index in [1.165, 1.54) is 18.2 Å². The van der Waals surface area contributed by atoms with Crippen molar-refractivity contribution in [3.63, 3.8) is 0 Å². The van der Waals surface area contributed by atoms with Crippen LogP contribution in [0.15, 0.2) is 42.5 Å². The van der Waals surface area contributed by atoms with E-state index in [1.807, 2.05) is 0 Å². The highest BCUT2D eigenvalue weighted by molar-refractivity contribution is 6.06. The second-order valence-electron chi connectivity index (χ2n) is 7.95. The van der Waals surface area contributed by atoms with Gasteiger partial charge in [0.05, 0.1) is 22.6 Å². The fraction of sp³-hybridized carbons (Fsp3) is 0.304. The minimum absolute atomic E-state index is 0.0516. The number of rotatable bonds is 4. The lowest BCUT2D eigenvalue weighted by atomic mass is 9.95. The van der Waals surface area contributed by atoms with Crippen LogP contribution in [0.5, 0.6) is 0 Å². The van der Waals surface area contributed by atoms with E-state index in [-0.39, 0.29) is 17.2 Å². The van der Waals surface area contributed by atoms with Gasteiger partial charge >= 0.3 is 6.18 Å². The van der Waals surface area contributed by atoms with Gasteiger partial charge in [-0.05, 0) is 68.1 Å². The Morgan fingerprint density at radius 3 is 2.41 bits per heavy atom. The van der Waals surface area contributed by atoms with Crippen LogP contribution < -0.4 is 10.2 Å². The number of hydrogen-bond acceptors (Lipinski definition) is 3. The maximum absolute atomic E-state index is 13.4. The molecule has 0 saturated carbocycles. The Bertz CT molecular complexity index is 1150. The predicted octanol–water partition coefficient (Wildman–Crippen LogP) is 5.23. The molecule has 32 heavy (non-hydrogen) atoms. The molecule has 0 bridgehead atoms. The molecule has 168 valence electrons. The highest BCUT2D eigenvalue weighted by Gasteiger charge is 2.32. The first kappa shape index (κ1) is 21.9. The van der Waals surface area contributed by atoms with E-state index in [2.05, 4.69) is 10.4 Å². The van der Waals surface area contributed by atoms with E-state index in [4.69, 9.17) is 0 Å². The van der Waals surface area contributed by atoms with E-state index in [9.17, 15) is 22.4 Å². The Labute approximate surface area is 182 Å². The van der Waals surface area contributed by atoms with Crippen molar-refractivity contribution in [3.05, 3.63) is 70.8 Å². The molecule has 2 aromatic carbocycles. The number of aromatic nitrogens is 2. The van der Waals surface area contributed by atoms with Crippen LogP contribution in [-0.4, -0.2) is 29.8 Å². The lowest BCUT2D eigenvalue weighted by Gasteiger charge is -2.20. The van der Waals surface area contributed by atoms with Crippen molar-refractivity contribution in [2.75, 3.05) is 24.3 Å². The van der Waals surface area contributed by atoms with Crippen molar-refractivity contribution < 1.29 is 22.4 Å². The van der Waals surface area contributed by atoms with Gasteiger partial charge in [0.25, 0.3) is 5.91 Å². The van der Waals surface area contributed by atoms with Gasteiger partial charge in [-0.25, -0.2) is 9.07 Å². The van der Waals surface area contributed by atoms with E-state index in [0.29, 0.717) is 24.2 Å². The highest BCUT2D eigenvalue weighted by atomic mass is 19.4. The molecule has 1 heterocycles. The van der Waals surface area contributed by atoms with Gasteiger partial charge in [-0.2, -0.15) is 18.3 Å². The van der Waals surface area contributed by atoms with Crippen molar-refractivity contribution >= 4 is 17.3 Å². The number of anilines is 2. The summed E-state index contributed by atoms with van der Waals surface area (Å²) in [7, 11) is 3.37. The number of nitrogens with zero attached hydrogens (tertiary/aromatic N) is 3. The van der Waals surface area contributed by atoms with E-state index in [1.54, 1.807) is 35.8 Å². The lowest BCUT2D eigenvalue weighted by Crippen LogP contribution is -2.19. The number of nitrogens with one attached hydrogen (secondary N) is 1. The van der Waals surface area contributed by atoms with Gasteiger partial charge in [-0.3, -0.25) is 4.79 Å². The van der Waals surface area contributed by atoms with Crippen molar-refractivity contribution in [2.24, 2.45) is 0 Å². The van der Waals surface area contributed by atoms with Gasteiger partial charge in [0, 0.05) is 25.4 Å². The number of hydrogen-bond donors (Lipinski definition) is 1. The van der Waals surface area contributed by atoms with Crippen LogP contribution in [-0.2, 0) is 19.0 Å². The number of benzene rings is 2. The Morgan fingerprint density at radius 1 is 1.06 bits per heavy atom. The molecular weight excluding hydrogens is 424 g/mol. The topological polar surface area (TPSA) is 50.2 Å². The van der Waals surface area contributed by atoms with Crippen LogP contribution >= 0.6 is 0 Å². The third-order valence-electron chi connectivity index (χ3n) is 5.52. The Hall–Kier alpha value is -3.36. The van der Waals surface area contributed by atoms with E-state index in [0.717, 1.165) is 36.2 Å². The van der Waals surface area contributed by atoms with Crippen LogP contribution in [0.3, 0.4) is 0 Å². The summed E-state index contributed by atoms with van der Waals surface area (Å²) >= 11 is 0. The van der Waals surface area contributed by atoms with Gasteiger partial charge in [-0.1, -0.05) is 0 Å². The molecule has 0 atom stereocenters. The Morgan fingerprint density at radius 2 is 1.75 bits per heavy atom. The van der Waals surface area contributed by atoms with Crippen LogP contribution in [0.25, 0.3) is 5.69 Å². The molecule has 4 rings (SSSR count). The zero-order valence-electron chi connectivity index (χ0n) is 17.6. The minimum atomic E-state index is -4.53. The van der Waals surface area contributed by atoms with Crippen molar-refractivity contribution in [1.82, 2.24) is 9.78 Å². The summed E-state index contributed by atoms with van der Waals surface area (Å²) in [5.41, 5.74) is 2.08. The third-order valence-corrected chi connectivity index (χ3v) is 5.52. The molecule has 1 amide bonds. The van der Waals surface area contributed by atoms with E-state index >= 15 is 0 Å². The number of halogens is 4. The SMILES string of the molecule is CN(C)c1ccc(C(F)(F)F)cc1NC(=O)c1nn(-c2ccc(F)cc2)c2c1CCCC2. The summed E-state index contributed by atoms with van der Waals surface area (Å²) in [6.07, 6.45) is -1.37. The van der Waals surface area contributed by atoms with Crippen LogP contribution in [0.4, 0.5) is 28.9 Å². The fourth-order valence-electron chi connectivity index (χ4n) is 3.96. The van der Waals surface area contributed by atoms with Crippen LogP contribution in [0.1, 0.15) is 40.2 Å². The van der Waals surface area contributed by atoms with E-state index < -0.39 is 17.6 Å². The maximum atomic E-state index is 13.4. The molecule has 1 aliphatic carbocycles. The zero-order chi connectivity index (χ0) is 23.0. The number of carbonyl (C=O) groups is 1. The summed E-state index contributed by atoms with van der Waals surface area (Å²) in [5, 5.41) is 7.11. The molecule has 0 unspecified atom stereocenters. The lowest BCUT2D eigenvalue weighted by molar-refractivity contribution is -0.137. The summed E-state index contributed by atoms with van der Waals surface area (Å²) in [6, 6.07) is 9.03. The molecule has 1 N–H and O–H groups in total. The zero-order valence-corrected chi connectivity index (χ0v) is 17.6. The molecule has 0 aliphatic heterocycles. The van der Waals surface area contributed by atoms with Crippen molar-refractivity contribution in [2.45, 2.75) is 31.9 Å². The molecule has 5 nitrogen and oxygen atoms in total. The Kier molecular flexibility index (Phi) is 5.66. The average Bonchev–Trinajstić information content (AvgIpc) is 3.13. The van der Waals surface area contributed by atoms with Crippen molar-refractivity contribution in [3.8, 4) is 5.69 Å². The highest BCUT2D eigenvalue weighted by Crippen LogP contribution is 2.35. The summed E-state index contributed by atoms with van der Waals surface area (Å²) in [4.78, 5) is 14.8. The molecule has 0 radical (unpaired) electrons. The fourth-order valence-corrected chi connectivity index (χ4v) is 3.96. The first-order valence-electron chi connectivity index (χ1n) is 10.2. The monoisotopic (exact) mass is 446 g/mol. The number of carbonyl (C=O) groups excluding carboxylic acids is 1. The van der Waals surface area contributed by atoms with Crippen LogP contribution in [0, 0.1) is 5.82 Å². The molecule has 0 saturated heterocycles. The van der Waals surface area contributed by atoms with Crippen molar-refractivity contribution in [1.29, 1.82) is 0 Å². The quantitative estimate of drug-likeness (QED) is 0.559.